The van der Waals surface area contributed by atoms with E-state index < -0.39 is 0 Å². The summed E-state index contributed by atoms with van der Waals surface area (Å²) in [6.07, 6.45) is 14.8. The Labute approximate surface area is 156 Å². The van der Waals surface area contributed by atoms with Crippen LogP contribution in [0.5, 0.6) is 0 Å². The van der Waals surface area contributed by atoms with Crippen LogP contribution < -0.4 is 0 Å². The van der Waals surface area contributed by atoms with Crippen molar-refractivity contribution in [3.05, 3.63) is 33.9 Å². The number of hydrogen-bond acceptors (Lipinski definition) is 0. The summed E-state index contributed by atoms with van der Waals surface area (Å²) in [6.45, 7) is 11.7. The SMILES string of the molecule is Cc1cc(C2CCC(CCC3CCC(C)CC3)CC2)c(C)c(C)c1C. The molecule has 0 bridgehead atoms. The number of rotatable bonds is 4. The Hall–Kier alpha value is -0.780. The van der Waals surface area contributed by atoms with Crippen LogP contribution in [0.3, 0.4) is 0 Å². The smallest absolute Gasteiger partial charge is 0.0159 e. The molecule has 0 amide bonds. The van der Waals surface area contributed by atoms with Crippen molar-refractivity contribution in [2.24, 2.45) is 17.8 Å². The van der Waals surface area contributed by atoms with E-state index in [9.17, 15) is 0 Å². The average molecular weight is 341 g/mol. The normalized spacial score (nSPS) is 30.4. The zero-order valence-corrected chi connectivity index (χ0v) is 17.5. The lowest BCUT2D eigenvalue weighted by Gasteiger charge is -2.32. The molecule has 0 spiro atoms. The average Bonchev–Trinajstić information content (AvgIpc) is 2.63. The molecule has 2 aliphatic carbocycles. The van der Waals surface area contributed by atoms with E-state index in [2.05, 4.69) is 40.7 Å². The van der Waals surface area contributed by atoms with Gasteiger partial charge in [-0.25, -0.2) is 0 Å². The molecule has 2 aliphatic rings. The van der Waals surface area contributed by atoms with Gasteiger partial charge in [0.2, 0.25) is 0 Å². The van der Waals surface area contributed by atoms with Crippen molar-refractivity contribution >= 4 is 0 Å². The monoisotopic (exact) mass is 340 g/mol. The second-order valence-corrected chi connectivity index (χ2v) is 9.58. The summed E-state index contributed by atoms with van der Waals surface area (Å²) in [7, 11) is 0. The van der Waals surface area contributed by atoms with Crippen LogP contribution in [-0.2, 0) is 0 Å². The molecular weight excluding hydrogens is 300 g/mol. The fourth-order valence-electron chi connectivity index (χ4n) is 5.52. The van der Waals surface area contributed by atoms with Crippen molar-refractivity contribution in [3.8, 4) is 0 Å². The van der Waals surface area contributed by atoms with Gasteiger partial charge in [-0.3, -0.25) is 0 Å². The third-order valence-electron chi connectivity index (χ3n) is 7.93. The van der Waals surface area contributed by atoms with Gasteiger partial charge < -0.3 is 0 Å². The highest BCUT2D eigenvalue weighted by atomic mass is 14.3. The van der Waals surface area contributed by atoms with Crippen molar-refractivity contribution < 1.29 is 0 Å². The summed E-state index contributed by atoms with van der Waals surface area (Å²) in [5.74, 6) is 3.89. The molecule has 0 heteroatoms. The van der Waals surface area contributed by atoms with E-state index in [0.29, 0.717) is 0 Å². The molecule has 0 unspecified atom stereocenters. The van der Waals surface area contributed by atoms with Crippen LogP contribution in [0.25, 0.3) is 0 Å². The van der Waals surface area contributed by atoms with Gasteiger partial charge in [0, 0.05) is 0 Å². The Kier molecular flexibility index (Phi) is 6.29. The van der Waals surface area contributed by atoms with Crippen LogP contribution in [-0.4, -0.2) is 0 Å². The molecule has 0 N–H and O–H groups in total. The number of aryl methyl sites for hydroxylation is 1. The summed E-state index contributed by atoms with van der Waals surface area (Å²) in [4.78, 5) is 0. The molecule has 0 aliphatic heterocycles. The number of benzene rings is 1. The highest BCUT2D eigenvalue weighted by Crippen LogP contribution is 2.41. The van der Waals surface area contributed by atoms with Crippen molar-refractivity contribution in [3.63, 3.8) is 0 Å². The van der Waals surface area contributed by atoms with Crippen molar-refractivity contribution in [2.45, 2.75) is 105 Å². The summed E-state index contributed by atoms with van der Waals surface area (Å²) < 4.78 is 0. The Balaban J connectivity index is 1.51. The van der Waals surface area contributed by atoms with Gasteiger partial charge in [0.05, 0.1) is 0 Å². The minimum atomic E-state index is 0.824. The Morgan fingerprint density at radius 3 is 1.76 bits per heavy atom. The zero-order chi connectivity index (χ0) is 18.0. The molecule has 0 atom stereocenters. The fraction of sp³-hybridized carbons (Fsp3) is 0.760. The molecule has 140 valence electrons. The van der Waals surface area contributed by atoms with Crippen molar-refractivity contribution in [1.82, 2.24) is 0 Å². The van der Waals surface area contributed by atoms with Crippen LogP contribution >= 0.6 is 0 Å². The molecule has 3 rings (SSSR count). The molecule has 25 heavy (non-hydrogen) atoms. The quantitative estimate of drug-likeness (QED) is 0.524. The van der Waals surface area contributed by atoms with E-state index >= 15 is 0 Å². The van der Waals surface area contributed by atoms with Gasteiger partial charge in [-0.05, 0) is 105 Å². The lowest BCUT2D eigenvalue weighted by atomic mass is 9.73. The van der Waals surface area contributed by atoms with E-state index in [1.807, 2.05) is 0 Å². The zero-order valence-electron chi connectivity index (χ0n) is 17.5. The minimum Gasteiger partial charge on any atom is -0.0625 e. The predicted octanol–water partition coefficient (Wildman–Crippen LogP) is 7.80. The first-order valence-corrected chi connectivity index (χ1v) is 11.0. The molecule has 2 saturated carbocycles. The van der Waals surface area contributed by atoms with Crippen LogP contribution in [0.2, 0.25) is 0 Å². The largest absolute Gasteiger partial charge is 0.0625 e. The molecule has 0 aromatic heterocycles. The van der Waals surface area contributed by atoms with E-state index in [1.165, 1.54) is 80.9 Å². The van der Waals surface area contributed by atoms with Crippen LogP contribution in [0, 0.1) is 45.4 Å². The lowest BCUT2D eigenvalue weighted by Crippen LogP contribution is -2.17. The Morgan fingerprint density at radius 2 is 1.20 bits per heavy atom. The molecule has 2 fully saturated rings. The molecule has 0 nitrogen and oxygen atoms in total. The second kappa shape index (κ2) is 8.28. The second-order valence-electron chi connectivity index (χ2n) is 9.58. The van der Waals surface area contributed by atoms with E-state index in [4.69, 9.17) is 0 Å². The van der Waals surface area contributed by atoms with Crippen molar-refractivity contribution in [1.29, 1.82) is 0 Å². The summed E-state index contributed by atoms with van der Waals surface area (Å²) in [6, 6.07) is 2.51. The highest BCUT2D eigenvalue weighted by molar-refractivity contribution is 5.45. The van der Waals surface area contributed by atoms with Gasteiger partial charge in [-0.1, -0.05) is 51.5 Å². The van der Waals surface area contributed by atoms with Crippen LogP contribution in [0.15, 0.2) is 6.07 Å². The highest BCUT2D eigenvalue weighted by Gasteiger charge is 2.26. The summed E-state index contributed by atoms with van der Waals surface area (Å²) in [5.41, 5.74) is 7.76. The molecule has 1 aromatic rings. The molecular formula is C25H40. The summed E-state index contributed by atoms with van der Waals surface area (Å²) >= 11 is 0. The summed E-state index contributed by atoms with van der Waals surface area (Å²) in [5, 5.41) is 0. The van der Waals surface area contributed by atoms with Gasteiger partial charge in [0.15, 0.2) is 0 Å². The van der Waals surface area contributed by atoms with Crippen LogP contribution in [0.4, 0.5) is 0 Å². The van der Waals surface area contributed by atoms with Gasteiger partial charge in [-0.2, -0.15) is 0 Å². The van der Waals surface area contributed by atoms with Gasteiger partial charge >= 0.3 is 0 Å². The van der Waals surface area contributed by atoms with Crippen molar-refractivity contribution in [2.75, 3.05) is 0 Å². The fourth-order valence-corrected chi connectivity index (χ4v) is 5.52. The maximum absolute atomic E-state index is 2.51. The van der Waals surface area contributed by atoms with E-state index in [1.54, 1.807) is 11.1 Å². The Bertz CT molecular complexity index is 566. The predicted molar refractivity (Wildman–Crippen MR) is 110 cm³/mol. The molecule has 0 saturated heterocycles. The maximum Gasteiger partial charge on any atom is -0.0159 e. The van der Waals surface area contributed by atoms with E-state index in [0.717, 1.165) is 23.7 Å². The molecule has 0 radical (unpaired) electrons. The topological polar surface area (TPSA) is 0 Å². The first-order chi connectivity index (χ1) is 12.0. The third kappa shape index (κ3) is 4.50. The molecule has 1 aromatic carbocycles. The maximum atomic E-state index is 2.51. The van der Waals surface area contributed by atoms with Crippen LogP contribution in [0.1, 0.15) is 105 Å². The van der Waals surface area contributed by atoms with Gasteiger partial charge in [0.25, 0.3) is 0 Å². The standard InChI is InChI=1S/C25H40/c1-17-6-8-22(9-7-17)10-11-23-12-14-24(15-13-23)25-16-18(2)19(3)20(4)21(25)5/h16-17,22-24H,6-15H2,1-5H3. The number of hydrogen-bond donors (Lipinski definition) is 0. The van der Waals surface area contributed by atoms with Gasteiger partial charge in [0.1, 0.15) is 0 Å². The first-order valence-electron chi connectivity index (χ1n) is 11.0. The first kappa shape index (κ1) is 19.0. The minimum absolute atomic E-state index is 0.824. The van der Waals surface area contributed by atoms with Gasteiger partial charge in [-0.15, -0.1) is 0 Å². The third-order valence-corrected chi connectivity index (χ3v) is 7.93. The Morgan fingerprint density at radius 1 is 0.680 bits per heavy atom. The lowest BCUT2D eigenvalue weighted by molar-refractivity contribution is 0.237. The van der Waals surface area contributed by atoms with E-state index in [-0.39, 0.29) is 0 Å². The molecule has 0 heterocycles.